The van der Waals surface area contributed by atoms with Crippen LogP contribution in [0.5, 0.6) is 5.75 Å². The first kappa shape index (κ1) is 25.0. The maximum Gasteiger partial charge on any atom is 0.261 e. The van der Waals surface area contributed by atoms with Gasteiger partial charge in [-0.2, -0.15) is 0 Å². The predicted octanol–water partition coefficient (Wildman–Crippen LogP) is 5.32. The van der Waals surface area contributed by atoms with Gasteiger partial charge in [-0.3, -0.25) is 9.59 Å². The Kier molecular flexibility index (Phi) is 9.66. The molecule has 2 aromatic rings. The molecule has 1 atom stereocenters. The van der Waals surface area contributed by atoms with Gasteiger partial charge in [0.25, 0.3) is 5.91 Å². The molecule has 0 aliphatic rings. The van der Waals surface area contributed by atoms with Crippen molar-refractivity contribution in [2.24, 2.45) is 0 Å². The van der Waals surface area contributed by atoms with Gasteiger partial charge in [0.1, 0.15) is 11.8 Å². The van der Waals surface area contributed by atoms with Crippen molar-refractivity contribution in [3.63, 3.8) is 0 Å². The molecule has 2 amide bonds. The number of amides is 2. The minimum absolute atomic E-state index is 0.117. The number of carbonyl (C=O) groups is 2. The Bertz CT molecular complexity index is 877. The second-order valence-corrected chi connectivity index (χ2v) is 8.36. The summed E-state index contributed by atoms with van der Waals surface area (Å²) < 4.78 is 5.78. The van der Waals surface area contributed by atoms with E-state index in [1.54, 1.807) is 18.2 Å². The number of aryl methyl sites for hydroxylation is 2. The third-order valence-electron chi connectivity index (χ3n) is 4.88. The monoisotopic (exact) mass is 464 g/mol. The molecule has 0 aliphatic carbocycles. The number of halogens is 2. The van der Waals surface area contributed by atoms with E-state index in [9.17, 15) is 9.59 Å². The molecule has 0 saturated carbocycles. The largest absolute Gasteiger partial charge is 0.484 e. The van der Waals surface area contributed by atoms with E-state index in [-0.39, 0.29) is 25.0 Å². The van der Waals surface area contributed by atoms with Crippen LogP contribution < -0.4 is 10.1 Å². The van der Waals surface area contributed by atoms with Gasteiger partial charge in [-0.05, 0) is 62.1 Å². The van der Waals surface area contributed by atoms with Crippen molar-refractivity contribution < 1.29 is 14.3 Å². The third-order valence-corrected chi connectivity index (χ3v) is 5.59. The molecule has 0 spiro atoms. The molecule has 2 rings (SSSR count). The molecule has 0 bridgehead atoms. The van der Waals surface area contributed by atoms with Crippen molar-refractivity contribution in [3.05, 3.63) is 63.1 Å². The first-order chi connectivity index (χ1) is 14.8. The Morgan fingerprint density at radius 2 is 1.68 bits per heavy atom. The van der Waals surface area contributed by atoms with Gasteiger partial charge in [0.05, 0.1) is 0 Å². The van der Waals surface area contributed by atoms with Crippen LogP contribution >= 0.6 is 23.2 Å². The van der Waals surface area contributed by atoms with Gasteiger partial charge < -0.3 is 15.0 Å². The van der Waals surface area contributed by atoms with Crippen LogP contribution in [0.25, 0.3) is 0 Å². The fourth-order valence-electron chi connectivity index (χ4n) is 3.38. The SMILES string of the molecule is CCCNC(=O)[C@@H](CC)N(Cc1c(Cl)cccc1Cl)C(=O)COc1cc(C)cc(C)c1. The summed E-state index contributed by atoms with van der Waals surface area (Å²) >= 11 is 12.7. The molecule has 0 aromatic heterocycles. The molecule has 31 heavy (non-hydrogen) atoms. The molecule has 5 nitrogen and oxygen atoms in total. The number of rotatable bonds is 10. The normalized spacial score (nSPS) is 11.7. The highest BCUT2D eigenvalue weighted by Crippen LogP contribution is 2.27. The Morgan fingerprint density at radius 3 is 2.23 bits per heavy atom. The molecule has 168 valence electrons. The summed E-state index contributed by atoms with van der Waals surface area (Å²) in [5, 5.41) is 3.78. The second-order valence-electron chi connectivity index (χ2n) is 7.55. The summed E-state index contributed by atoms with van der Waals surface area (Å²) in [4.78, 5) is 27.5. The molecule has 7 heteroatoms. The maximum atomic E-state index is 13.2. The van der Waals surface area contributed by atoms with E-state index in [2.05, 4.69) is 5.32 Å². The lowest BCUT2D eigenvalue weighted by Crippen LogP contribution is -2.50. The quantitative estimate of drug-likeness (QED) is 0.517. The predicted molar refractivity (Wildman–Crippen MR) is 126 cm³/mol. The molecular weight excluding hydrogens is 435 g/mol. The highest BCUT2D eigenvalue weighted by molar-refractivity contribution is 6.36. The molecule has 0 heterocycles. The summed E-state index contributed by atoms with van der Waals surface area (Å²) in [7, 11) is 0. The molecule has 0 saturated heterocycles. The van der Waals surface area contributed by atoms with Gasteiger partial charge in [0.2, 0.25) is 5.91 Å². The lowest BCUT2D eigenvalue weighted by Gasteiger charge is -2.31. The van der Waals surface area contributed by atoms with E-state index in [4.69, 9.17) is 27.9 Å². The van der Waals surface area contributed by atoms with Crippen molar-refractivity contribution in [1.29, 1.82) is 0 Å². The molecule has 0 radical (unpaired) electrons. The van der Waals surface area contributed by atoms with E-state index in [1.807, 2.05) is 45.9 Å². The fourth-order valence-corrected chi connectivity index (χ4v) is 3.90. The Morgan fingerprint density at radius 1 is 1.06 bits per heavy atom. The number of hydrogen-bond acceptors (Lipinski definition) is 3. The minimum atomic E-state index is -0.658. The van der Waals surface area contributed by atoms with Gasteiger partial charge in [0, 0.05) is 28.7 Å². The van der Waals surface area contributed by atoms with Crippen LogP contribution in [0.1, 0.15) is 43.4 Å². The molecule has 0 aliphatic heterocycles. The lowest BCUT2D eigenvalue weighted by atomic mass is 10.1. The molecule has 0 fully saturated rings. The molecule has 0 unspecified atom stereocenters. The standard InChI is InChI=1S/C24H30Cl2N2O3/c1-5-10-27-24(30)22(6-2)28(14-19-20(25)8-7-9-21(19)26)23(29)15-31-18-12-16(3)11-17(4)13-18/h7-9,11-13,22H,5-6,10,14-15H2,1-4H3,(H,27,30)/t22-/m1/s1. The number of nitrogens with zero attached hydrogens (tertiary/aromatic N) is 1. The average molecular weight is 465 g/mol. The number of hydrogen-bond donors (Lipinski definition) is 1. The van der Waals surface area contributed by atoms with Crippen LogP contribution in [0.4, 0.5) is 0 Å². The summed E-state index contributed by atoms with van der Waals surface area (Å²) in [6.45, 7) is 8.26. The van der Waals surface area contributed by atoms with Crippen LogP contribution in [-0.4, -0.2) is 35.9 Å². The van der Waals surface area contributed by atoms with E-state index in [0.29, 0.717) is 34.3 Å². The van der Waals surface area contributed by atoms with Crippen LogP contribution in [0.3, 0.4) is 0 Å². The fraction of sp³-hybridized carbons (Fsp3) is 0.417. The smallest absolute Gasteiger partial charge is 0.261 e. The first-order valence-electron chi connectivity index (χ1n) is 10.5. The van der Waals surface area contributed by atoms with Gasteiger partial charge in [-0.1, -0.05) is 49.2 Å². The van der Waals surface area contributed by atoms with Crippen molar-refractivity contribution in [1.82, 2.24) is 10.2 Å². The van der Waals surface area contributed by atoms with Crippen LogP contribution in [0.2, 0.25) is 10.0 Å². The summed E-state index contributed by atoms with van der Waals surface area (Å²) in [5.74, 6) is 0.103. The third kappa shape index (κ3) is 7.15. The van der Waals surface area contributed by atoms with E-state index in [1.165, 1.54) is 4.90 Å². The lowest BCUT2D eigenvalue weighted by molar-refractivity contribution is -0.143. The second kappa shape index (κ2) is 12.0. The van der Waals surface area contributed by atoms with E-state index < -0.39 is 6.04 Å². The van der Waals surface area contributed by atoms with Crippen LogP contribution in [0, 0.1) is 13.8 Å². The van der Waals surface area contributed by atoms with Crippen LogP contribution in [0.15, 0.2) is 36.4 Å². The van der Waals surface area contributed by atoms with Gasteiger partial charge >= 0.3 is 0 Å². The van der Waals surface area contributed by atoms with Gasteiger partial charge in [-0.25, -0.2) is 0 Å². The zero-order chi connectivity index (χ0) is 23.0. The number of carbonyl (C=O) groups excluding carboxylic acids is 2. The van der Waals surface area contributed by atoms with Gasteiger partial charge in [-0.15, -0.1) is 0 Å². The number of nitrogens with one attached hydrogen (secondary N) is 1. The number of ether oxygens (including phenoxy) is 1. The van der Waals surface area contributed by atoms with Crippen molar-refractivity contribution >= 4 is 35.0 Å². The van der Waals surface area contributed by atoms with Crippen molar-refractivity contribution in [2.45, 2.75) is 53.1 Å². The Hall–Kier alpha value is -2.24. The average Bonchev–Trinajstić information content (AvgIpc) is 2.71. The summed E-state index contributed by atoms with van der Waals surface area (Å²) in [5.41, 5.74) is 2.70. The first-order valence-corrected chi connectivity index (χ1v) is 11.2. The highest BCUT2D eigenvalue weighted by Gasteiger charge is 2.29. The van der Waals surface area contributed by atoms with Crippen molar-refractivity contribution in [3.8, 4) is 5.75 Å². The molecule has 1 N–H and O–H groups in total. The summed E-state index contributed by atoms with van der Waals surface area (Å²) in [6, 6.07) is 10.3. The Balaban J connectivity index is 2.28. The zero-order valence-electron chi connectivity index (χ0n) is 18.5. The number of benzene rings is 2. The van der Waals surface area contributed by atoms with E-state index >= 15 is 0 Å². The zero-order valence-corrected chi connectivity index (χ0v) is 20.0. The minimum Gasteiger partial charge on any atom is -0.484 e. The van der Waals surface area contributed by atoms with Crippen molar-refractivity contribution in [2.75, 3.05) is 13.2 Å². The van der Waals surface area contributed by atoms with Gasteiger partial charge in [0.15, 0.2) is 6.61 Å². The van der Waals surface area contributed by atoms with E-state index in [0.717, 1.165) is 17.5 Å². The maximum absolute atomic E-state index is 13.2. The molecular formula is C24H30Cl2N2O3. The topological polar surface area (TPSA) is 58.6 Å². The molecule has 2 aromatic carbocycles. The summed E-state index contributed by atoms with van der Waals surface area (Å²) in [6.07, 6.45) is 1.26. The highest BCUT2D eigenvalue weighted by atomic mass is 35.5. The van der Waals surface area contributed by atoms with Crippen LogP contribution in [-0.2, 0) is 16.1 Å². The Labute approximate surface area is 194 Å².